The summed E-state index contributed by atoms with van der Waals surface area (Å²) in [5.41, 5.74) is 0. The molecule has 15 heavy (non-hydrogen) atoms. The summed E-state index contributed by atoms with van der Waals surface area (Å²) in [5, 5.41) is 0.174. The largest absolute Gasteiger partial charge is 0.307 e. The van der Waals surface area contributed by atoms with E-state index in [1.807, 2.05) is 20.4 Å². The Morgan fingerprint density at radius 2 is 1.27 bits per heavy atom. The summed E-state index contributed by atoms with van der Waals surface area (Å²) in [6, 6.07) is 6.12. The third-order valence-corrected chi connectivity index (χ3v) is 1.13. The summed E-state index contributed by atoms with van der Waals surface area (Å²) in [4.78, 5) is 24.0. The SMILES string of the molecule is C=O.C=O.C=O.Fc1ccccc1Cl.[Cr]. The summed E-state index contributed by atoms with van der Waals surface area (Å²) < 4.78 is 12.2. The summed E-state index contributed by atoms with van der Waals surface area (Å²) >= 11 is 5.33. The Labute approximate surface area is 103 Å². The van der Waals surface area contributed by atoms with E-state index in [9.17, 15) is 4.39 Å². The van der Waals surface area contributed by atoms with Crippen molar-refractivity contribution in [2.45, 2.75) is 0 Å². The van der Waals surface area contributed by atoms with Crippen LogP contribution < -0.4 is 0 Å². The monoisotopic (exact) mass is 272 g/mol. The molecule has 0 saturated carbocycles. The number of carbonyl (C=O) groups excluding carboxylic acids is 3. The van der Waals surface area contributed by atoms with Crippen molar-refractivity contribution in [3.05, 3.63) is 35.1 Å². The van der Waals surface area contributed by atoms with Crippen molar-refractivity contribution in [1.29, 1.82) is 0 Å². The average Bonchev–Trinajstić information content (AvgIpc) is 2.31. The zero-order chi connectivity index (χ0) is 12.0. The van der Waals surface area contributed by atoms with Crippen molar-refractivity contribution in [3.63, 3.8) is 0 Å². The van der Waals surface area contributed by atoms with Gasteiger partial charge in [-0.05, 0) is 12.1 Å². The van der Waals surface area contributed by atoms with Crippen LogP contribution in [0.5, 0.6) is 0 Å². The zero-order valence-electron chi connectivity index (χ0n) is 7.82. The molecule has 3 nitrogen and oxygen atoms in total. The van der Waals surface area contributed by atoms with E-state index in [0.29, 0.717) is 0 Å². The molecule has 0 heterocycles. The van der Waals surface area contributed by atoms with Crippen LogP contribution in [0, 0.1) is 5.82 Å². The molecule has 0 aliphatic heterocycles. The van der Waals surface area contributed by atoms with Gasteiger partial charge in [-0.2, -0.15) is 0 Å². The van der Waals surface area contributed by atoms with Gasteiger partial charge in [-0.1, -0.05) is 23.7 Å². The molecule has 1 rings (SSSR count). The standard InChI is InChI=1S/C6H4ClF.3CH2O.Cr/c7-5-3-1-2-4-6(5)8;3*1-2;/h1-4H;3*1H2;. The van der Waals surface area contributed by atoms with Gasteiger partial charge in [-0.3, -0.25) is 0 Å². The Morgan fingerprint density at radius 1 is 0.933 bits per heavy atom. The van der Waals surface area contributed by atoms with Crippen LogP contribution >= 0.6 is 11.6 Å². The van der Waals surface area contributed by atoms with E-state index in [4.69, 9.17) is 26.0 Å². The minimum atomic E-state index is -0.367. The predicted octanol–water partition coefficient (Wildman–Crippen LogP) is 1.92. The molecule has 0 N–H and O–H groups in total. The van der Waals surface area contributed by atoms with Crippen molar-refractivity contribution in [3.8, 4) is 0 Å². The van der Waals surface area contributed by atoms with Crippen LogP contribution in [0.2, 0.25) is 5.02 Å². The van der Waals surface area contributed by atoms with E-state index < -0.39 is 0 Å². The van der Waals surface area contributed by atoms with Gasteiger partial charge in [0.1, 0.15) is 26.2 Å². The van der Waals surface area contributed by atoms with Crippen LogP contribution in [-0.4, -0.2) is 20.4 Å². The molecule has 0 saturated heterocycles. The smallest absolute Gasteiger partial charge is 0.141 e. The first-order valence-electron chi connectivity index (χ1n) is 3.07. The van der Waals surface area contributed by atoms with Crippen LogP contribution in [-0.2, 0) is 31.7 Å². The second-order valence-electron chi connectivity index (χ2n) is 1.41. The van der Waals surface area contributed by atoms with Gasteiger partial charge in [0, 0.05) is 17.4 Å². The quantitative estimate of drug-likeness (QED) is 0.725. The third-order valence-electron chi connectivity index (χ3n) is 0.824. The fourth-order valence-corrected chi connectivity index (χ4v) is 0.575. The van der Waals surface area contributed by atoms with Crippen molar-refractivity contribution in [2.24, 2.45) is 0 Å². The maximum absolute atomic E-state index is 12.2. The molecule has 0 unspecified atom stereocenters. The molecule has 0 aliphatic carbocycles. The molecule has 0 aliphatic rings. The Morgan fingerprint density at radius 3 is 1.47 bits per heavy atom. The molecule has 0 radical (unpaired) electrons. The zero-order valence-corrected chi connectivity index (χ0v) is 9.85. The number of rotatable bonds is 0. The van der Waals surface area contributed by atoms with Gasteiger partial charge in [-0.15, -0.1) is 0 Å². The van der Waals surface area contributed by atoms with Gasteiger partial charge < -0.3 is 14.4 Å². The third kappa shape index (κ3) is 15.7. The maximum Gasteiger partial charge on any atom is 0.141 e. The van der Waals surface area contributed by atoms with E-state index in [1.54, 1.807) is 12.1 Å². The summed E-state index contributed by atoms with van der Waals surface area (Å²) in [7, 11) is 0. The van der Waals surface area contributed by atoms with E-state index in [-0.39, 0.29) is 28.2 Å². The number of benzene rings is 1. The molecule has 0 aromatic heterocycles. The van der Waals surface area contributed by atoms with Gasteiger partial charge in [0.2, 0.25) is 0 Å². The topological polar surface area (TPSA) is 51.2 Å². The van der Waals surface area contributed by atoms with Gasteiger partial charge in [-0.25, -0.2) is 4.39 Å². The number of hydrogen-bond donors (Lipinski definition) is 0. The van der Waals surface area contributed by atoms with Gasteiger partial charge in [0.15, 0.2) is 0 Å². The molecule has 0 bridgehead atoms. The van der Waals surface area contributed by atoms with Crippen molar-refractivity contribution in [2.75, 3.05) is 0 Å². The summed E-state index contributed by atoms with van der Waals surface area (Å²) in [6.45, 7) is 6.00. The number of carbonyl (C=O) groups is 3. The summed E-state index contributed by atoms with van der Waals surface area (Å²) in [5.74, 6) is -0.367. The first-order valence-corrected chi connectivity index (χ1v) is 3.45. The van der Waals surface area contributed by atoms with E-state index >= 15 is 0 Å². The molecule has 84 valence electrons. The molecule has 0 spiro atoms. The van der Waals surface area contributed by atoms with Crippen molar-refractivity contribution in [1.82, 2.24) is 0 Å². The van der Waals surface area contributed by atoms with Crippen LogP contribution in [0.15, 0.2) is 24.3 Å². The molecule has 0 fully saturated rings. The molecular weight excluding hydrogens is 263 g/mol. The summed E-state index contributed by atoms with van der Waals surface area (Å²) in [6.07, 6.45) is 0. The number of hydrogen-bond acceptors (Lipinski definition) is 3. The first kappa shape index (κ1) is 23.6. The number of halogens is 2. The minimum Gasteiger partial charge on any atom is -0.307 e. The van der Waals surface area contributed by atoms with E-state index in [0.717, 1.165) is 0 Å². The minimum absolute atomic E-state index is 0. The van der Waals surface area contributed by atoms with Crippen molar-refractivity contribution < 1.29 is 36.1 Å². The van der Waals surface area contributed by atoms with Crippen LogP contribution in [0.4, 0.5) is 4.39 Å². The van der Waals surface area contributed by atoms with Crippen molar-refractivity contribution >= 4 is 32.0 Å². The Hall–Kier alpha value is -1.02. The fraction of sp³-hybridized carbons (Fsp3) is 0. The second-order valence-corrected chi connectivity index (χ2v) is 1.82. The predicted molar refractivity (Wildman–Crippen MR) is 52.8 cm³/mol. The second kappa shape index (κ2) is 23.1. The Bertz CT molecular complexity index is 213. The molecule has 1 aromatic rings. The fourth-order valence-electron chi connectivity index (χ4n) is 0.439. The van der Waals surface area contributed by atoms with Gasteiger partial charge in [0.25, 0.3) is 0 Å². The first-order chi connectivity index (χ1) is 6.80. The molecule has 6 heteroatoms. The molecule has 0 atom stereocenters. The molecule has 1 aromatic carbocycles. The maximum atomic E-state index is 12.2. The van der Waals surface area contributed by atoms with E-state index in [2.05, 4.69) is 0 Å². The molecular formula is C9H10ClCrFO3. The Balaban J connectivity index is -0.0000000755. The van der Waals surface area contributed by atoms with E-state index in [1.165, 1.54) is 12.1 Å². The van der Waals surface area contributed by atoms with Gasteiger partial charge in [0.05, 0.1) is 5.02 Å². The van der Waals surface area contributed by atoms with Crippen LogP contribution in [0.3, 0.4) is 0 Å². The van der Waals surface area contributed by atoms with Gasteiger partial charge >= 0.3 is 0 Å². The average molecular weight is 273 g/mol. The Kier molecular flexibility index (Phi) is 36.4. The van der Waals surface area contributed by atoms with Crippen LogP contribution in [0.25, 0.3) is 0 Å². The normalized spacial score (nSPS) is 5.73. The van der Waals surface area contributed by atoms with Crippen LogP contribution in [0.1, 0.15) is 0 Å². The molecule has 0 amide bonds.